The third kappa shape index (κ3) is 5.25. The number of benzene rings is 2. The third-order valence-electron chi connectivity index (χ3n) is 4.86. The zero-order chi connectivity index (χ0) is 23.3. The summed E-state index contributed by atoms with van der Waals surface area (Å²) in [6.07, 6.45) is -0.0609. The number of carbonyl (C=O) groups excluding carboxylic acids is 2. The monoisotopic (exact) mass is 459 g/mol. The molecule has 0 radical (unpaired) electrons. The van der Waals surface area contributed by atoms with Gasteiger partial charge in [0.1, 0.15) is 10.6 Å². The van der Waals surface area contributed by atoms with Gasteiger partial charge in [0.25, 0.3) is 10.0 Å². The number of sulfonamides is 1. The van der Waals surface area contributed by atoms with Crippen LogP contribution in [0.25, 0.3) is 0 Å². The van der Waals surface area contributed by atoms with Crippen molar-refractivity contribution in [3.8, 4) is 5.75 Å². The number of nitrogens with zero attached hydrogens (tertiary/aromatic N) is 2. The van der Waals surface area contributed by atoms with Gasteiger partial charge < -0.3 is 19.7 Å². The largest absolute Gasteiger partial charge is 0.497 e. The van der Waals surface area contributed by atoms with E-state index in [-0.39, 0.29) is 30.3 Å². The first-order chi connectivity index (χ1) is 15.2. The molecule has 1 aliphatic heterocycles. The minimum Gasteiger partial charge on any atom is -0.497 e. The Morgan fingerprint density at radius 2 is 1.91 bits per heavy atom. The Kier molecular flexibility index (Phi) is 7.14. The Hall–Kier alpha value is -3.40. The minimum atomic E-state index is -3.79. The highest BCUT2D eigenvalue weighted by Gasteiger charge is 2.31. The van der Waals surface area contributed by atoms with Crippen LogP contribution in [0.3, 0.4) is 0 Å². The van der Waals surface area contributed by atoms with Crippen LogP contribution in [-0.2, 0) is 24.3 Å². The predicted octanol–water partition coefficient (Wildman–Crippen LogP) is 1.89. The van der Waals surface area contributed by atoms with Crippen LogP contribution in [0.2, 0.25) is 0 Å². The van der Waals surface area contributed by atoms with Crippen molar-refractivity contribution in [2.75, 3.05) is 27.3 Å². The molecule has 1 N–H and O–H groups in total. The first-order valence-corrected chi connectivity index (χ1v) is 11.4. The second kappa shape index (κ2) is 9.82. The van der Waals surface area contributed by atoms with Gasteiger partial charge in [-0.1, -0.05) is 24.3 Å². The quantitative estimate of drug-likeness (QED) is 0.600. The van der Waals surface area contributed by atoms with E-state index in [9.17, 15) is 18.0 Å². The molecular weight excluding hydrogens is 434 g/mol. The zero-order valence-electron chi connectivity index (χ0n) is 18.1. The van der Waals surface area contributed by atoms with E-state index in [4.69, 9.17) is 9.47 Å². The smallest absolute Gasteiger partial charge is 0.308 e. The molecule has 170 valence electrons. The molecule has 1 amide bonds. The van der Waals surface area contributed by atoms with Gasteiger partial charge in [0.05, 0.1) is 32.7 Å². The van der Waals surface area contributed by atoms with Crippen LogP contribution in [0.15, 0.2) is 57.8 Å². The van der Waals surface area contributed by atoms with Crippen molar-refractivity contribution in [3.63, 3.8) is 0 Å². The molecule has 32 heavy (non-hydrogen) atoms. The van der Waals surface area contributed by atoms with Gasteiger partial charge in [-0.15, -0.1) is 4.40 Å². The molecule has 10 heteroatoms. The van der Waals surface area contributed by atoms with Gasteiger partial charge in [0.2, 0.25) is 5.91 Å². The Morgan fingerprint density at radius 1 is 1.16 bits per heavy atom. The summed E-state index contributed by atoms with van der Waals surface area (Å²) >= 11 is 0. The van der Waals surface area contributed by atoms with Gasteiger partial charge >= 0.3 is 5.97 Å². The lowest BCUT2D eigenvalue weighted by Gasteiger charge is -2.22. The molecule has 2 aromatic carbocycles. The van der Waals surface area contributed by atoms with Crippen LogP contribution >= 0.6 is 0 Å². The summed E-state index contributed by atoms with van der Waals surface area (Å²) in [5, 5.41) is 2.83. The van der Waals surface area contributed by atoms with Crippen molar-refractivity contribution >= 4 is 27.7 Å². The Balaban J connectivity index is 1.77. The number of amides is 1. The highest BCUT2D eigenvalue weighted by Crippen LogP contribution is 2.27. The Labute approximate surface area is 187 Å². The molecule has 1 atom stereocenters. The fourth-order valence-electron chi connectivity index (χ4n) is 3.39. The summed E-state index contributed by atoms with van der Waals surface area (Å²) in [4.78, 5) is 26.5. The van der Waals surface area contributed by atoms with Gasteiger partial charge in [-0.3, -0.25) is 9.59 Å². The first kappa shape index (κ1) is 23.3. The van der Waals surface area contributed by atoms with E-state index < -0.39 is 27.9 Å². The molecule has 0 fully saturated rings. The number of hydrogen-bond acceptors (Lipinski definition) is 7. The number of ether oxygens (including phenoxy) is 2. The van der Waals surface area contributed by atoms with Crippen molar-refractivity contribution in [2.24, 2.45) is 4.40 Å². The SMILES string of the molecule is CCOC(=O)CC(NC(=O)CN(C)C1=NS(=O)(=O)c2ccccc21)c1cccc(OC)c1. The summed E-state index contributed by atoms with van der Waals surface area (Å²) in [7, 11) is -0.678. The number of likely N-dealkylation sites (N-methyl/N-ethyl adjacent to an activating group) is 1. The highest BCUT2D eigenvalue weighted by molar-refractivity contribution is 7.90. The molecular formula is C22H25N3O6S. The van der Waals surface area contributed by atoms with Gasteiger partial charge in [-0.25, -0.2) is 0 Å². The number of carbonyl (C=O) groups is 2. The van der Waals surface area contributed by atoms with Gasteiger partial charge in [-0.2, -0.15) is 8.42 Å². The van der Waals surface area contributed by atoms with Crippen LogP contribution in [0.5, 0.6) is 5.75 Å². The predicted molar refractivity (Wildman–Crippen MR) is 118 cm³/mol. The van der Waals surface area contributed by atoms with Crippen molar-refractivity contribution in [3.05, 3.63) is 59.7 Å². The van der Waals surface area contributed by atoms with Crippen molar-refractivity contribution in [1.82, 2.24) is 10.2 Å². The molecule has 1 unspecified atom stereocenters. The Bertz CT molecular complexity index is 1150. The van der Waals surface area contributed by atoms with E-state index in [0.29, 0.717) is 16.9 Å². The molecule has 0 aromatic heterocycles. The van der Waals surface area contributed by atoms with Crippen molar-refractivity contribution < 1.29 is 27.5 Å². The second-order valence-electron chi connectivity index (χ2n) is 7.15. The molecule has 0 saturated carbocycles. The lowest BCUT2D eigenvalue weighted by atomic mass is 10.0. The van der Waals surface area contributed by atoms with Crippen molar-refractivity contribution in [2.45, 2.75) is 24.3 Å². The number of amidine groups is 1. The molecule has 3 rings (SSSR count). The Morgan fingerprint density at radius 3 is 2.62 bits per heavy atom. The second-order valence-corrected chi connectivity index (χ2v) is 8.72. The van der Waals surface area contributed by atoms with Crippen LogP contribution in [0.4, 0.5) is 0 Å². The van der Waals surface area contributed by atoms with Gasteiger partial charge in [0.15, 0.2) is 5.84 Å². The van der Waals surface area contributed by atoms with E-state index >= 15 is 0 Å². The van der Waals surface area contributed by atoms with Crippen LogP contribution in [0, 0.1) is 0 Å². The standard InChI is InChI=1S/C22H25N3O6S/c1-4-31-21(27)13-18(15-8-7-9-16(12-15)30-3)23-20(26)14-25(2)22-17-10-5-6-11-19(17)32(28,29)24-22/h5-12,18H,4,13-14H2,1-3H3,(H,23,26). The van der Waals surface area contributed by atoms with E-state index in [1.165, 1.54) is 18.1 Å². The molecule has 0 spiro atoms. The van der Waals surface area contributed by atoms with Gasteiger partial charge in [-0.05, 0) is 36.8 Å². The number of hydrogen-bond donors (Lipinski definition) is 1. The maximum absolute atomic E-state index is 12.8. The summed E-state index contributed by atoms with van der Waals surface area (Å²) in [5.74, 6) is -0.0767. The van der Waals surface area contributed by atoms with Crippen molar-refractivity contribution in [1.29, 1.82) is 0 Å². The summed E-state index contributed by atoms with van der Waals surface area (Å²) < 4.78 is 38.7. The first-order valence-electron chi connectivity index (χ1n) is 9.99. The zero-order valence-corrected chi connectivity index (χ0v) is 18.9. The molecule has 1 aliphatic rings. The average Bonchev–Trinajstić information content (AvgIpc) is 3.05. The molecule has 0 bridgehead atoms. The van der Waals surface area contributed by atoms with Crippen LogP contribution in [0.1, 0.15) is 30.5 Å². The number of methoxy groups -OCH3 is 1. The van der Waals surface area contributed by atoms with E-state index in [1.807, 2.05) is 0 Å². The van der Waals surface area contributed by atoms with Crippen LogP contribution in [-0.4, -0.2) is 58.3 Å². The maximum atomic E-state index is 12.8. The molecule has 2 aromatic rings. The number of rotatable bonds is 8. The lowest BCUT2D eigenvalue weighted by Crippen LogP contribution is -2.40. The number of nitrogens with one attached hydrogen (secondary N) is 1. The average molecular weight is 460 g/mol. The summed E-state index contributed by atoms with van der Waals surface area (Å²) in [6, 6.07) is 12.8. The fraction of sp³-hybridized carbons (Fsp3) is 0.318. The fourth-order valence-corrected chi connectivity index (χ4v) is 4.64. The maximum Gasteiger partial charge on any atom is 0.308 e. The number of fused-ring (bicyclic) bond motifs is 1. The number of esters is 1. The summed E-state index contributed by atoms with van der Waals surface area (Å²) in [6.45, 7) is 1.78. The lowest BCUT2D eigenvalue weighted by molar-refractivity contribution is -0.143. The normalized spacial score (nSPS) is 14.7. The summed E-state index contributed by atoms with van der Waals surface area (Å²) in [5.41, 5.74) is 1.12. The molecule has 0 saturated heterocycles. The van der Waals surface area contributed by atoms with E-state index in [2.05, 4.69) is 9.71 Å². The van der Waals surface area contributed by atoms with E-state index in [0.717, 1.165) is 0 Å². The van der Waals surface area contributed by atoms with E-state index in [1.54, 1.807) is 56.4 Å². The highest BCUT2D eigenvalue weighted by atomic mass is 32.2. The van der Waals surface area contributed by atoms with Gasteiger partial charge in [0, 0.05) is 12.6 Å². The molecule has 0 aliphatic carbocycles. The topological polar surface area (TPSA) is 114 Å². The van der Waals surface area contributed by atoms with Crippen LogP contribution < -0.4 is 10.1 Å². The third-order valence-corrected chi connectivity index (χ3v) is 6.19. The molecule has 9 nitrogen and oxygen atoms in total. The molecule has 1 heterocycles. The minimum absolute atomic E-state index is 0.0609.